The summed E-state index contributed by atoms with van der Waals surface area (Å²) in [6, 6.07) is 31.3. The van der Waals surface area contributed by atoms with Crippen molar-refractivity contribution >= 4 is 51.7 Å². The summed E-state index contributed by atoms with van der Waals surface area (Å²) >= 11 is 7.29. The van der Waals surface area contributed by atoms with Gasteiger partial charge in [-0.05, 0) is 59.9 Å². The van der Waals surface area contributed by atoms with E-state index in [1.54, 1.807) is 28.5 Å². The summed E-state index contributed by atoms with van der Waals surface area (Å²) in [6.07, 6.45) is 0. The number of fused-ring (bicyclic) bond motifs is 2. The molecule has 234 valence electrons. The highest BCUT2D eigenvalue weighted by molar-refractivity contribution is 7.07. The van der Waals surface area contributed by atoms with E-state index in [-0.39, 0.29) is 17.4 Å². The Morgan fingerprint density at radius 3 is 2.30 bits per heavy atom. The van der Waals surface area contributed by atoms with Crippen molar-refractivity contribution in [1.29, 1.82) is 0 Å². The lowest BCUT2D eigenvalue weighted by atomic mass is 9.93. The monoisotopic (exact) mass is 658 g/mol. The molecule has 0 radical (unpaired) electrons. The van der Waals surface area contributed by atoms with Gasteiger partial charge in [-0.15, -0.1) is 0 Å². The van der Waals surface area contributed by atoms with E-state index in [2.05, 4.69) is 19.2 Å². The van der Waals surface area contributed by atoms with Crippen LogP contribution in [0.25, 0.3) is 5.57 Å². The molecule has 7 nitrogen and oxygen atoms in total. The Kier molecular flexibility index (Phi) is 7.99. The van der Waals surface area contributed by atoms with Crippen molar-refractivity contribution in [1.82, 2.24) is 4.57 Å². The molecule has 0 bridgehead atoms. The maximum absolute atomic E-state index is 14.6. The molecule has 2 amide bonds. The molecule has 7 rings (SSSR count). The van der Waals surface area contributed by atoms with Crippen LogP contribution in [0.5, 0.6) is 0 Å². The number of carbonyl (C=O) groups is 2. The van der Waals surface area contributed by atoms with Crippen LogP contribution in [0.1, 0.15) is 55.0 Å². The highest BCUT2D eigenvalue weighted by atomic mass is 35.5. The molecule has 1 aromatic heterocycles. The third-order valence-electron chi connectivity index (χ3n) is 8.60. The first-order valence-electron chi connectivity index (χ1n) is 15.4. The number of benzene rings is 4. The van der Waals surface area contributed by atoms with Gasteiger partial charge in [0.1, 0.15) is 4.53 Å². The van der Waals surface area contributed by atoms with Crippen LogP contribution in [0.3, 0.4) is 0 Å². The molecular formula is C38H31ClN4O3S. The van der Waals surface area contributed by atoms with E-state index in [9.17, 15) is 14.4 Å². The summed E-state index contributed by atoms with van der Waals surface area (Å²) in [5.74, 6) is -0.290. The smallest absolute Gasteiger partial charge is 0.271 e. The lowest BCUT2D eigenvalue weighted by Gasteiger charge is -2.25. The Balaban J connectivity index is 1.40. The van der Waals surface area contributed by atoms with Crippen LogP contribution in [0.4, 0.5) is 11.4 Å². The second-order valence-electron chi connectivity index (χ2n) is 12.0. The van der Waals surface area contributed by atoms with Gasteiger partial charge in [-0.25, -0.2) is 4.99 Å². The van der Waals surface area contributed by atoms with E-state index in [1.165, 1.54) is 11.3 Å². The molecule has 9 heteroatoms. The summed E-state index contributed by atoms with van der Waals surface area (Å²) in [7, 11) is 0. The van der Waals surface area contributed by atoms with Crippen LogP contribution < -0.4 is 25.1 Å². The molecule has 3 heterocycles. The Hall–Kier alpha value is -5.05. The van der Waals surface area contributed by atoms with Crippen molar-refractivity contribution in [3.63, 3.8) is 0 Å². The first kappa shape index (κ1) is 30.6. The van der Waals surface area contributed by atoms with Crippen LogP contribution >= 0.6 is 22.9 Å². The van der Waals surface area contributed by atoms with Gasteiger partial charge < -0.3 is 10.2 Å². The number of amides is 2. The SMILES string of the molecule is CC1=C(C(=O)Nc2ccccc2)[C@@H](c2ccc(C(C)C)cc2)n2c(s/c(=C3/C(=O)N(Cc4ccc(Cl)cc4)c4ccccc43)c2=O)=N1. The maximum Gasteiger partial charge on any atom is 0.271 e. The number of allylic oxidation sites excluding steroid dienone is 1. The number of thiazole rings is 1. The van der Waals surface area contributed by atoms with Gasteiger partial charge in [-0.3, -0.25) is 19.0 Å². The normalized spacial score (nSPS) is 16.7. The number of hydrogen-bond acceptors (Lipinski definition) is 5. The van der Waals surface area contributed by atoms with Crippen molar-refractivity contribution in [2.24, 2.45) is 4.99 Å². The first-order valence-corrected chi connectivity index (χ1v) is 16.6. The number of para-hydroxylation sites is 2. The number of hydrogen-bond donors (Lipinski definition) is 1. The number of anilines is 2. The highest BCUT2D eigenvalue weighted by Crippen LogP contribution is 2.37. The fourth-order valence-corrected chi connectivity index (χ4v) is 7.45. The fraction of sp³-hybridized carbons (Fsp3) is 0.158. The molecule has 5 aromatic rings. The van der Waals surface area contributed by atoms with Crippen molar-refractivity contribution in [2.45, 2.75) is 39.3 Å². The number of nitrogens with one attached hydrogen (secondary N) is 1. The van der Waals surface area contributed by atoms with E-state index >= 15 is 0 Å². The summed E-state index contributed by atoms with van der Waals surface area (Å²) in [5, 5.41) is 3.61. The summed E-state index contributed by atoms with van der Waals surface area (Å²) in [6.45, 7) is 6.35. The van der Waals surface area contributed by atoms with E-state index in [0.29, 0.717) is 54.9 Å². The largest absolute Gasteiger partial charge is 0.322 e. The topological polar surface area (TPSA) is 83.8 Å². The third-order valence-corrected chi connectivity index (χ3v) is 9.90. The second kappa shape index (κ2) is 12.3. The minimum Gasteiger partial charge on any atom is -0.322 e. The first-order chi connectivity index (χ1) is 22.7. The van der Waals surface area contributed by atoms with Gasteiger partial charge in [0, 0.05) is 16.3 Å². The highest BCUT2D eigenvalue weighted by Gasteiger charge is 2.37. The number of carbonyl (C=O) groups excluding carboxylic acids is 2. The molecule has 1 atom stereocenters. The van der Waals surface area contributed by atoms with E-state index in [1.807, 2.05) is 91.0 Å². The van der Waals surface area contributed by atoms with Gasteiger partial charge >= 0.3 is 0 Å². The molecular weight excluding hydrogens is 628 g/mol. The van der Waals surface area contributed by atoms with Gasteiger partial charge in [0.25, 0.3) is 17.4 Å². The molecule has 1 N–H and O–H groups in total. The van der Waals surface area contributed by atoms with E-state index in [4.69, 9.17) is 16.6 Å². The van der Waals surface area contributed by atoms with Crippen molar-refractivity contribution in [2.75, 3.05) is 10.2 Å². The van der Waals surface area contributed by atoms with Crippen LogP contribution in [0.2, 0.25) is 5.02 Å². The Morgan fingerprint density at radius 2 is 1.60 bits per heavy atom. The van der Waals surface area contributed by atoms with Crippen LogP contribution in [-0.2, 0) is 16.1 Å². The molecule has 0 fully saturated rings. The molecule has 0 saturated carbocycles. The minimum absolute atomic E-state index is 0.262. The zero-order valence-electron chi connectivity index (χ0n) is 26.0. The number of halogens is 1. The molecule has 0 spiro atoms. The van der Waals surface area contributed by atoms with Gasteiger partial charge in [-0.2, -0.15) is 0 Å². The quantitative estimate of drug-likeness (QED) is 0.224. The van der Waals surface area contributed by atoms with Crippen LogP contribution in [0, 0.1) is 0 Å². The average Bonchev–Trinajstić information content (AvgIpc) is 3.53. The predicted molar refractivity (Wildman–Crippen MR) is 187 cm³/mol. The number of aromatic nitrogens is 1. The molecule has 47 heavy (non-hydrogen) atoms. The average molecular weight is 659 g/mol. The second-order valence-corrected chi connectivity index (χ2v) is 13.4. The molecule has 4 aromatic carbocycles. The fourth-order valence-electron chi connectivity index (χ4n) is 6.19. The number of rotatable bonds is 6. The number of nitrogens with zero attached hydrogens (tertiary/aromatic N) is 3. The van der Waals surface area contributed by atoms with Gasteiger partial charge in [0.15, 0.2) is 4.80 Å². The Bertz CT molecular complexity index is 2250. The van der Waals surface area contributed by atoms with Crippen molar-refractivity contribution < 1.29 is 9.59 Å². The van der Waals surface area contributed by atoms with Gasteiger partial charge in [0.05, 0.1) is 35.1 Å². The summed E-state index contributed by atoms with van der Waals surface area (Å²) in [5.41, 5.74) is 5.75. The van der Waals surface area contributed by atoms with E-state index < -0.39 is 6.04 Å². The lowest BCUT2D eigenvalue weighted by molar-refractivity contribution is -0.114. The summed E-state index contributed by atoms with van der Waals surface area (Å²) in [4.78, 5) is 49.7. The van der Waals surface area contributed by atoms with Gasteiger partial charge in [0.2, 0.25) is 0 Å². The van der Waals surface area contributed by atoms with Crippen molar-refractivity contribution in [3.05, 3.63) is 161 Å². The predicted octanol–water partition coefficient (Wildman–Crippen LogP) is 6.57. The molecule has 0 aliphatic carbocycles. The lowest BCUT2D eigenvalue weighted by Crippen LogP contribution is -2.41. The van der Waals surface area contributed by atoms with Crippen LogP contribution in [0.15, 0.2) is 124 Å². The molecule has 0 unspecified atom stereocenters. The van der Waals surface area contributed by atoms with E-state index in [0.717, 1.165) is 22.4 Å². The van der Waals surface area contributed by atoms with Crippen LogP contribution in [-0.4, -0.2) is 16.4 Å². The Labute approximate surface area is 280 Å². The standard InChI is InChI=1S/C38H31ClN4O3S/c1-22(2)25-15-17-26(18-16-25)33-31(35(44)41-28-9-5-4-6-10-28)23(3)40-38-43(33)37(46)34(47-38)32-29-11-7-8-12-30(29)42(36(32)45)21-24-13-19-27(39)20-14-24/h4-20,22,33H,21H2,1-3H3,(H,41,44)/b34-32+/t33-/m1/s1. The summed E-state index contributed by atoms with van der Waals surface area (Å²) < 4.78 is 1.86. The minimum atomic E-state index is -0.748. The Morgan fingerprint density at radius 1 is 0.915 bits per heavy atom. The zero-order valence-corrected chi connectivity index (χ0v) is 27.6. The molecule has 2 aliphatic heterocycles. The van der Waals surface area contributed by atoms with Crippen molar-refractivity contribution in [3.8, 4) is 0 Å². The molecule has 2 aliphatic rings. The van der Waals surface area contributed by atoms with Gasteiger partial charge in [-0.1, -0.05) is 110 Å². The third kappa shape index (κ3) is 5.53. The zero-order chi connectivity index (χ0) is 32.8. The molecule has 0 saturated heterocycles. The maximum atomic E-state index is 14.6.